The third-order valence-corrected chi connectivity index (χ3v) is 5.27. The summed E-state index contributed by atoms with van der Waals surface area (Å²) in [6, 6.07) is 9.99. The standard InChI is InChI=1S/C12H10BrClINS/c13-12-4-2-8(17-12)6-11(16)9-5-7(14)1-3-10(9)15/h1-5,11H,6,16H2. The molecule has 2 aromatic rings. The molecule has 0 spiro atoms. The zero-order chi connectivity index (χ0) is 12.4. The number of nitrogens with two attached hydrogens (primary N) is 1. The van der Waals surface area contributed by atoms with E-state index >= 15 is 0 Å². The first-order valence-corrected chi connectivity index (χ1v) is 8.07. The lowest BCUT2D eigenvalue weighted by atomic mass is 10.0. The maximum Gasteiger partial charge on any atom is 0.0701 e. The Labute approximate surface area is 132 Å². The first kappa shape index (κ1) is 13.8. The number of rotatable bonds is 3. The summed E-state index contributed by atoms with van der Waals surface area (Å²) in [4.78, 5) is 1.28. The second kappa shape index (κ2) is 6.02. The first-order valence-electron chi connectivity index (χ1n) is 5.01. The predicted octanol–water partition coefficient (Wildman–Crippen LogP) is 5.01. The lowest BCUT2D eigenvalue weighted by Crippen LogP contribution is -2.14. The molecule has 5 heteroatoms. The Balaban J connectivity index is 2.19. The molecule has 1 aromatic heterocycles. The van der Waals surface area contributed by atoms with Crippen molar-refractivity contribution in [2.75, 3.05) is 0 Å². The molecule has 0 aliphatic rings. The summed E-state index contributed by atoms with van der Waals surface area (Å²) in [6.07, 6.45) is 0.840. The summed E-state index contributed by atoms with van der Waals surface area (Å²) in [7, 11) is 0. The Morgan fingerprint density at radius 1 is 1.35 bits per heavy atom. The van der Waals surface area contributed by atoms with Crippen LogP contribution in [0.2, 0.25) is 5.02 Å². The molecule has 90 valence electrons. The van der Waals surface area contributed by atoms with Gasteiger partial charge in [-0.3, -0.25) is 0 Å². The average molecular weight is 443 g/mol. The van der Waals surface area contributed by atoms with Gasteiger partial charge in [-0.1, -0.05) is 11.6 Å². The van der Waals surface area contributed by atoms with Crippen LogP contribution in [0.4, 0.5) is 0 Å². The van der Waals surface area contributed by atoms with Crippen LogP contribution in [0.15, 0.2) is 34.1 Å². The summed E-state index contributed by atoms with van der Waals surface area (Å²) < 4.78 is 2.30. The predicted molar refractivity (Wildman–Crippen MR) is 86.8 cm³/mol. The molecule has 1 aromatic carbocycles. The van der Waals surface area contributed by atoms with E-state index in [0.717, 1.165) is 24.4 Å². The van der Waals surface area contributed by atoms with E-state index in [4.69, 9.17) is 17.3 Å². The summed E-state index contributed by atoms with van der Waals surface area (Å²) in [6.45, 7) is 0. The van der Waals surface area contributed by atoms with Crippen LogP contribution in [-0.2, 0) is 6.42 Å². The van der Waals surface area contributed by atoms with Gasteiger partial charge in [-0.2, -0.15) is 0 Å². The van der Waals surface area contributed by atoms with Crippen molar-refractivity contribution in [1.29, 1.82) is 0 Å². The van der Waals surface area contributed by atoms with E-state index in [1.165, 1.54) is 4.88 Å². The molecule has 1 unspecified atom stereocenters. The van der Waals surface area contributed by atoms with Crippen molar-refractivity contribution in [3.8, 4) is 0 Å². The highest BCUT2D eigenvalue weighted by Crippen LogP contribution is 2.28. The second-order valence-corrected chi connectivity index (χ2v) is 7.83. The molecule has 2 N–H and O–H groups in total. The highest BCUT2D eigenvalue weighted by atomic mass is 127. The van der Waals surface area contributed by atoms with Gasteiger partial charge in [0, 0.05) is 25.9 Å². The quantitative estimate of drug-likeness (QED) is 0.665. The van der Waals surface area contributed by atoms with Crippen LogP contribution in [0.3, 0.4) is 0 Å². The van der Waals surface area contributed by atoms with Crippen molar-refractivity contribution >= 4 is 61.5 Å². The van der Waals surface area contributed by atoms with Crippen LogP contribution >= 0.6 is 61.5 Å². The molecule has 1 nitrogen and oxygen atoms in total. The normalized spacial score (nSPS) is 12.7. The number of halogens is 3. The highest BCUT2D eigenvalue weighted by molar-refractivity contribution is 14.1. The Morgan fingerprint density at radius 2 is 2.12 bits per heavy atom. The average Bonchev–Trinajstić information content (AvgIpc) is 2.67. The van der Waals surface area contributed by atoms with Crippen LogP contribution < -0.4 is 5.73 Å². The van der Waals surface area contributed by atoms with Crippen molar-refractivity contribution in [2.24, 2.45) is 5.73 Å². The van der Waals surface area contributed by atoms with Gasteiger partial charge in [-0.05, 0) is 74.4 Å². The van der Waals surface area contributed by atoms with Gasteiger partial charge in [-0.25, -0.2) is 0 Å². The van der Waals surface area contributed by atoms with E-state index < -0.39 is 0 Å². The monoisotopic (exact) mass is 441 g/mol. The lowest BCUT2D eigenvalue weighted by molar-refractivity contribution is 0.726. The number of hydrogen-bond acceptors (Lipinski definition) is 2. The minimum Gasteiger partial charge on any atom is -0.324 e. The van der Waals surface area contributed by atoms with Gasteiger partial charge < -0.3 is 5.73 Å². The van der Waals surface area contributed by atoms with Gasteiger partial charge >= 0.3 is 0 Å². The van der Waals surface area contributed by atoms with Gasteiger partial charge in [0.25, 0.3) is 0 Å². The Hall–Kier alpha value is 0.380. The molecule has 0 bridgehead atoms. The Kier molecular flexibility index (Phi) is 4.88. The van der Waals surface area contributed by atoms with Gasteiger partial charge in [-0.15, -0.1) is 11.3 Å². The molecule has 0 fully saturated rings. The minimum absolute atomic E-state index is 0.00819. The maximum absolute atomic E-state index is 6.23. The summed E-state index contributed by atoms with van der Waals surface area (Å²) >= 11 is 13.5. The third kappa shape index (κ3) is 3.67. The fourth-order valence-electron chi connectivity index (χ4n) is 1.59. The Bertz CT molecular complexity index is 529. The topological polar surface area (TPSA) is 26.0 Å². The lowest BCUT2D eigenvalue weighted by Gasteiger charge is -2.13. The van der Waals surface area contributed by atoms with E-state index in [0.29, 0.717) is 0 Å². The molecular formula is C12H10BrClINS. The largest absolute Gasteiger partial charge is 0.324 e. The fraction of sp³-hybridized carbons (Fsp3) is 0.167. The third-order valence-electron chi connectivity index (χ3n) is 2.41. The SMILES string of the molecule is NC(Cc1ccc(Br)s1)c1cc(Cl)ccc1I. The molecule has 0 radical (unpaired) electrons. The molecular weight excluding hydrogens is 432 g/mol. The van der Waals surface area contributed by atoms with Crippen molar-refractivity contribution in [3.63, 3.8) is 0 Å². The van der Waals surface area contributed by atoms with E-state index in [1.807, 2.05) is 18.2 Å². The zero-order valence-electron chi connectivity index (χ0n) is 8.79. The van der Waals surface area contributed by atoms with E-state index in [-0.39, 0.29) is 6.04 Å². The fourth-order valence-corrected chi connectivity index (χ4v) is 4.04. The van der Waals surface area contributed by atoms with Gasteiger partial charge in [0.15, 0.2) is 0 Å². The molecule has 1 atom stereocenters. The minimum atomic E-state index is -0.00819. The molecule has 0 saturated carbocycles. The van der Waals surface area contributed by atoms with Crippen LogP contribution in [0, 0.1) is 3.57 Å². The molecule has 2 rings (SSSR count). The van der Waals surface area contributed by atoms with Crippen molar-refractivity contribution < 1.29 is 0 Å². The van der Waals surface area contributed by atoms with Gasteiger partial charge in [0.1, 0.15) is 0 Å². The first-order chi connectivity index (χ1) is 8.06. The molecule has 0 aliphatic carbocycles. The number of benzene rings is 1. The highest BCUT2D eigenvalue weighted by Gasteiger charge is 2.12. The molecule has 0 saturated heterocycles. The van der Waals surface area contributed by atoms with Gasteiger partial charge in [0.05, 0.1) is 3.79 Å². The molecule has 0 amide bonds. The van der Waals surface area contributed by atoms with Crippen molar-refractivity contribution in [2.45, 2.75) is 12.5 Å². The summed E-state index contributed by atoms with van der Waals surface area (Å²) in [5.74, 6) is 0. The van der Waals surface area contributed by atoms with E-state index in [9.17, 15) is 0 Å². The van der Waals surface area contributed by atoms with Gasteiger partial charge in [0.2, 0.25) is 0 Å². The Morgan fingerprint density at radius 3 is 2.76 bits per heavy atom. The van der Waals surface area contributed by atoms with Crippen LogP contribution in [-0.4, -0.2) is 0 Å². The smallest absolute Gasteiger partial charge is 0.0701 e. The number of thiophene rings is 1. The maximum atomic E-state index is 6.23. The summed E-state index contributed by atoms with van der Waals surface area (Å²) in [5.41, 5.74) is 7.35. The van der Waals surface area contributed by atoms with Crippen LogP contribution in [0.25, 0.3) is 0 Å². The molecule has 0 aliphatic heterocycles. The van der Waals surface area contributed by atoms with Crippen LogP contribution in [0.5, 0.6) is 0 Å². The van der Waals surface area contributed by atoms with Crippen molar-refractivity contribution in [1.82, 2.24) is 0 Å². The zero-order valence-corrected chi connectivity index (χ0v) is 14.1. The van der Waals surface area contributed by atoms with Crippen LogP contribution in [0.1, 0.15) is 16.5 Å². The van der Waals surface area contributed by atoms with E-state index in [1.54, 1.807) is 11.3 Å². The second-order valence-electron chi connectivity index (χ2n) is 3.68. The van der Waals surface area contributed by atoms with E-state index in [2.05, 4.69) is 50.7 Å². The molecule has 1 heterocycles. The van der Waals surface area contributed by atoms with Crippen molar-refractivity contribution in [3.05, 3.63) is 53.2 Å². The number of hydrogen-bond donors (Lipinski definition) is 1. The molecule has 17 heavy (non-hydrogen) atoms. The summed E-state index contributed by atoms with van der Waals surface area (Å²) in [5, 5.41) is 0.739.